The first kappa shape index (κ1) is 26.0. The fourth-order valence-corrected chi connectivity index (χ4v) is 4.48. The van der Waals surface area contributed by atoms with E-state index < -0.39 is 0 Å². The number of allylic oxidation sites excluding steroid dienone is 2. The van der Waals surface area contributed by atoms with Crippen LogP contribution < -0.4 is 9.80 Å². The molecule has 3 heteroatoms. The van der Waals surface area contributed by atoms with Crippen molar-refractivity contribution in [2.24, 2.45) is 0 Å². The van der Waals surface area contributed by atoms with E-state index in [-0.39, 0.29) is 6.10 Å². The molecular weight excluding hydrogens is 452 g/mol. The van der Waals surface area contributed by atoms with Crippen molar-refractivity contribution in [3.8, 4) is 0 Å². The molecule has 3 nitrogen and oxygen atoms in total. The van der Waals surface area contributed by atoms with Gasteiger partial charge in [0.2, 0.25) is 0 Å². The van der Waals surface area contributed by atoms with Gasteiger partial charge in [-0.3, -0.25) is 0 Å². The molecule has 188 valence electrons. The lowest BCUT2D eigenvalue weighted by atomic mass is 10.0. The number of rotatable bonds is 9. The minimum absolute atomic E-state index is 0.108. The summed E-state index contributed by atoms with van der Waals surface area (Å²) in [5.74, 6) is 0. The zero-order chi connectivity index (χ0) is 26.2. The van der Waals surface area contributed by atoms with E-state index in [9.17, 15) is 0 Å². The Balaban J connectivity index is 1.44. The summed E-state index contributed by atoms with van der Waals surface area (Å²) in [6, 6.07) is 33.9. The van der Waals surface area contributed by atoms with Gasteiger partial charge in [0, 0.05) is 44.0 Å². The Bertz CT molecular complexity index is 1360. The average Bonchev–Trinajstić information content (AvgIpc) is 2.94. The largest absolute Gasteiger partial charge is 0.373 e. The van der Waals surface area contributed by atoms with Crippen LogP contribution in [-0.4, -0.2) is 21.2 Å². The summed E-state index contributed by atoms with van der Waals surface area (Å²) < 4.78 is 5.82. The van der Waals surface area contributed by atoms with Crippen LogP contribution in [0.4, 0.5) is 22.7 Å². The van der Waals surface area contributed by atoms with Crippen LogP contribution in [0.3, 0.4) is 0 Å². The molecule has 0 radical (unpaired) electrons. The van der Waals surface area contributed by atoms with Gasteiger partial charge in [0.15, 0.2) is 0 Å². The molecule has 0 saturated carbocycles. The van der Waals surface area contributed by atoms with Crippen LogP contribution in [0.5, 0.6) is 0 Å². The van der Waals surface area contributed by atoms with Crippen LogP contribution >= 0.6 is 0 Å². The maximum absolute atomic E-state index is 5.82. The normalized spacial score (nSPS) is 12.2. The van der Waals surface area contributed by atoms with E-state index >= 15 is 0 Å². The maximum Gasteiger partial charge on any atom is 0.101 e. The van der Waals surface area contributed by atoms with Crippen molar-refractivity contribution < 1.29 is 4.74 Å². The summed E-state index contributed by atoms with van der Waals surface area (Å²) in [5, 5.41) is 0. The Labute approximate surface area is 222 Å². The van der Waals surface area contributed by atoms with Gasteiger partial charge < -0.3 is 14.5 Å². The monoisotopic (exact) mass is 488 g/mol. The lowest BCUT2D eigenvalue weighted by Crippen LogP contribution is -2.10. The molecule has 0 aliphatic rings. The third-order valence-electron chi connectivity index (χ3n) is 6.80. The van der Waals surface area contributed by atoms with Crippen LogP contribution in [-0.2, 0) is 4.74 Å². The molecule has 0 fully saturated rings. The van der Waals surface area contributed by atoms with Crippen molar-refractivity contribution in [1.82, 2.24) is 0 Å². The molecule has 4 aromatic rings. The molecular formula is C34H36N2O. The van der Waals surface area contributed by atoms with Gasteiger partial charge >= 0.3 is 0 Å². The number of anilines is 4. The van der Waals surface area contributed by atoms with E-state index in [0.29, 0.717) is 0 Å². The SMILES string of the molecule is COC(/C=C/C=C/c1ccc(N(C)c2ccccc2)cc1C)c1ccc(N(C)c2ccccc2)cc1C. The van der Waals surface area contributed by atoms with Crippen molar-refractivity contribution in [3.63, 3.8) is 0 Å². The highest BCUT2D eigenvalue weighted by Gasteiger charge is 2.12. The molecule has 0 heterocycles. The topological polar surface area (TPSA) is 15.7 Å². The van der Waals surface area contributed by atoms with E-state index in [1.807, 2.05) is 12.1 Å². The molecule has 1 atom stereocenters. The lowest BCUT2D eigenvalue weighted by Gasteiger charge is -2.22. The van der Waals surface area contributed by atoms with Gasteiger partial charge in [0.05, 0.1) is 0 Å². The molecule has 0 aromatic heterocycles. The number of aryl methyl sites for hydroxylation is 2. The summed E-state index contributed by atoms with van der Waals surface area (Å²) in [6.07, 6.45) is 8.30. The number of hydrogen-bond acceptors (Lipinski definition) is 3. The van der Waals surface area contributed by atoms with E-state index in [1.54, 1.807) is 7.11 Å². The third kappa shape index (κ3) is 6.38. The zero-order valence-corrected chi connectivity index (χ0v) is 22.4. The number of nitrogens with zero attached hydrogens (tertiary/aromatic N) is 2. The predicted octanol–water partition coefficient (Wildman–Crippen LogP) is 8.80. The zero-order valence-electron chi connectivity index (χ0n) is 22.4. The second kappa shape index (κ2) is 12.2. The van der Waals surface area contributed by atoms with Crippen molar-refractivity contribution in [1.29, 1.82) is 0 Å². The van der Waals surface area contributed by atoms with E-state index in [0.717, 1.165) is 11.4 Å². The van der Waals surface area contributed by atoms with Gasteiger partial charge in [-0.2, -0.15) is 0 Å². The third-order valence-corrected chi connectivity index (χ3v) is 6.80. The highest BCUT2D eigenvalue weighted by molar-refractivity contribution is 5.67. The van der Waals surface area contributed by atoms with Crippen LogP contribution in [0, 0.1) is 13.8 Å². The van der Waals surface area contributed by atoms with Crippen LogP contribution in [0.1, 0.15) is 28.4 Å². The first-order valence-corrected chi connectivity index (χ1v) is 12.6. The second-order valence-electron chi connectivity index (χ2n) is 9.27. The Hall–Kier alpha value is -4.08. The first-order valence-electron chi connectivity index (χ1n) is 12.6. The highest BCUT2D eigenvalue weighted by atomic mass is 16.5. The number of hydrogen-bond donors (Lipinski definition) is 0. The van der Waals surface area contributed by atoms with Gasteiger partial charge in [0.25, 0.3) is 0 Å². The summed E-state index contributed by atoms with van der Waals surface area (Å²) in [7, 11) is 5.95. The van der Waals surface area contributed by atoms with Crippen molar-refractivity contribution in [2.75, 3.05) is 31.0 Å². The minimum atomic E-state index is -0.108. The fourth-order valence-electron chi connectivity index (χ4n) is 4.48. The fraction of sp³-hybridized carbons (Fsp3) is 0.176. The van der Waals surface area contributed by atoms with Crippen molar-refractivity contribution in [2.45, 2.75) is 20.0 Å². The van der Waals surface area contributed by atoms with Crippen molar-refractivity contribution >= 4 is 28.8 Å². The van der Waals surface area contributed by atoms with Crippen LogP contribution in [0.15, 0.2) is 115 Å². The van der Waals surface area contributed by atoms with Gasteiger partial charge in [0.1, 0.15) is 6.10 Å². The molecule has 0 aliphatic carbocycles. The summed E-state index contributed by atoms with van der Waals surface area (Å²) in [6.45, 7) is 4.30. The number of benzene rings is 4. The molecule has 4 aromatic carbocycles. The molecule has 1 unspecified atom stereocenters. The predicted molar refractivity (Wildman–Crippen MR) is 159 cm³/mol. The highest BCUT2D eigenvalue weighted by Crippen LogP contribution is 2.30. The standard InChI is InChI=1S/C34H36N2O/c1-26-24-31(35(3)29-15-8-6-9-16-29)21-20-28(26)14-12-13-19-34(37-5)33-23-22-32(25-27(33)2)36(4)30-17-10-7-11-18-30/h6-25,34H,1-5H3/b14-12+,19-13+. The van der Waals surface area contributed by atoms with Gasteiger partial charge in [-0.15, -0.1) is 0 Å². The van der Waals surface area contributed by atoms with Crippen LogP contribution in [0.25, 0.3) is 6.08 Å². The molecule has 0 amide bonds. The summed E-state index contributed by atoms with van der Waals surface area (Å²) in [5.41, 5.74) is 9.48. The van der Waals surface area contributed by atoms with E-state index in [4.69, 9.17) is 4.74 Å². The molecule has 4 rings (SSSR count). The van der Waals surface area contributed by atoms with E-state index in [2.05, 4.69) is 147 Å². The molecule has 0 N–H and O–H groups in total. The summed E-state index contributed by atoms with van der Waals surface area (Å²) in [4.78, 5) is 4.40. The molecule has 0 bridgehead atoms. The Morgan fingerprint density at radius 2 is 1.16 bits per heavy atom. The van der Waals surface area contributed by atoms with Gasteiger partial charge in [-0.05, 0) is 84.6 Å². The number of ether oxygens (including phenoxy) is 1. The van der Waals surface area contributed by atoms with Gasteiger partial charge in [-0.1, -0.05) is 72.8 Å². The lowest BCUT2D eigenvalue weighted by molar-refractivity contribution is 0.142. The quantitative estimate of drug-likeness (QED) is 0.219. The Morgan fingerprint density at radius 1 is 0.622 bits per heavy atom. The minimum Gasteiger partial charge on any atom is -0.373 e. The molecule has 0 aliphatic heterocycles. The Morgan fingerprint density at radius 3 is 1.68 bits per heavy atom. The van der Waals surface area contributed by atoms with Gasteiger partial charge in [-0.25, -0.2) is 0 Å². The van der Waals surface area contributed by atoms with Crippen LogP contribution in [0.2, 0.25) is 0 Å². The van der Waals surface area contributed by atoms with Crippen molar-refractivity contribution in [3.05, 3.63) is 138 Å². The number of methoxy groups -OCH3 is 1. The number of para-hydroxylation sites is 2. The summed E-state index contributed by atoms with van der Waals surface area (Å²) >= 11 is 0. The average molecular weight is 489 g/mol. The molecule has 37 heavy (non-hydrogen) atoms. The molecule has 0 spiro atoms. The Kier molecular flexibility index (Phi) is 8.60. The van der Waals surface area contributed by atoms with E-state index in [1.165, 1.54) is 33.6 Å². The first-order chi connectivity index (χ1) is 18.0. The smallest absolute Gasteiger partial charge is 0.101 e. The molecule has 0 saturated heterocycles. The maximum atomic E-state index is 5.82. The second-order valence-corrected chi connectivity index (χ2v) is 9.27.